The summed E-state index contributed by atoms with van der Waals surface area (Å²) in [6.07, 6.45) is 5.76. The lowest BCUT2D eigenvalue weighted by Gasteiger charge is -2.26. The van der Waals surface area contributed by atoms with E-state index in [1.54, 1.807) is 0 Å². The van der Waals surface area contributed by atoms with Gasteiger partial charge in [-0.1, -0.05) is 19.8 Å². The second-order valence-corrected chi connectivity index (χ2v) is 6.12. The van der Waals surface area contributed by atoms with Crippen LogP contribution in [0.1, 0.15) is 63.2 Å². The van der Waals surface area contributed by atoms with Gasteiger partial charge in [0.25, 0.3) is 5.91 Å². The standard InChI is InChI=1S/C18H27NO2/c1-4-5-6-13-21-17-11-7-15(8-12-17)18(20)19(14(2)3)16-9-10-16/h7-8,11-12,14,16H,4-6,9-10,13H2,1-3H3. The molecule has 2 rings (SSSR count). The van der Waals surface area contributed by atoms with Crippen molar-refractivity contribution >= 4 is 5.91 Å². The van der Waals surface area contributed by atoms with Gasteiger partial charge in [0.15, 0.2) is 0 Å². The number of rotatable bonds is 8. The smallest absolute Gasteiger partial charge is 0.254 e. The molecule has 3 heteroatoms. The minimum atomic E-state index is 0.144. The molecule has 0 N–H and O–H groups in total. The van der Waals surface area contributed by atoms with Gasteiger partial charge in [0, 0.05) is 17.6 Å². The van der Waals surface area contributed by atoms with Gasteiger partial charge in [-0.25, -0.2) is 0 Å². The summed E-state index contributed by atoms with van der Waals surface area (Å²) in [5.41, 5.74) is 0.761. The van der Waals surface area contributed by atoms with Crippen molar-refractivity contribution in [1.82, 2.24) is 4.90 Å². The fourth-order valence-corrected chi connectivity index (χ4v) is 2.56. The monoisotopic (exact) mass is 289 g/mol. The Bertz CT molecular complexity index is 447. The van der Waals surface area contributed by atoms with E-state index in [9.17, 15) is 4.79 Å². The lowest BCUT2D eigenvalue weighted by molar-refractivity contribution is 0.0690. The van der Waals surface area contributed by atoms with Gasteiger partial charge in [-0.05, 0) is 57.4 Å². The Morgan fingerprint density at radius 1 is 1.24 bits per heavy atom. The molecule has 1 saturated carbocycles. The maximum Gasteiger partial charge on any atom is 0.254 e. The molecule has 1 aliphatic rings. The predicted octanol–water partition coefficient (Wildman–Crippen LogP) is 4.27. The molecule has 1 aromatic rings. The van der Waals surface area contributed by atoms with Gasteiger partial charge in [0.05, 0.1) is 6.61 Å². The highest BCUT2D eigenvalue weighted by atomic mass is 16.5. The van der Waals surface area contributed by atoms with Crippen LogP contribution in [-0.4, -0.2) is 29.5 Å². The molecular formula is C18H27NO2. The van der Waals surface area contributed by atoms with Crippen LogP contribution >= 0.6 is 0 Å². The first-order valence-corrected chi connectivity index (χ1v) is 8.19. The maximum atomic E-state index is 12.6. The second kappa shape index (κ2) is 7.48. The molecule has 3 nitrogen and oxygen atoms in total. The number of unbranched alkanes of at least 4 members (excludes halogenated alkanes) is 2. The zero-order valence-corrected chi connectivity index (χ0v) is 13.5. The molecule has 0 aromatic heterocycles. The van der Waals surface area contributed by atoms with E-state index >= 15 is 0 Å². The predicted molar refractivity (Wildman–Crippen MR) is 85.8 cm³/mol. The van der Waals surface area contributed by atoms with Crippen LogP contribution in [0.4, 0.5) is 0 Å². The topological polar surface area (TPSA) is 29.5 Å². The van der Waals surface area contributed by atoms with Gasteiger partial charge in [0.2, 0.25) is 0 Å². The number of hydrogen-bond donors (Lipinski definition) is 0. The third kappa shape index (κ3) is 4.48. The highest BCUT2D eigenvalue weighted by Crippen LogP contribution is 2.30. The fraction of sp³-hybridized carbons (Fsp3) is 0.611. The lowest BCUT2D eigenvalue weighted by Crippen LogP contribution is -2.38. The van der Waals surface area contributed by atoms with E-state index in [-0.39, 0.29) is 11.9 Å². The van der Waals surface area contributed by atoms with Gasteiger partial charge < -0.3 is 9.64 Å². The first-order valence-electron chi connectivity index (χ1n) is 8.19. The highest BCUT2D eigenvalue weighted by molar-refractivity contribution is 5.95. The number of hydrogen-bond acceptors (Lipinski definition) is 2. The molecule has 1 fully saturated rings. The molecule has 0 radical (unpaired) electrons. The Kier molecular flexibility index (Phi) is 5.66. The van der Waals surface area contributed by atoms with Crippen LogP contribution in [0, 0.1) is 0 Å². The molecule has 21 heavy (non-hydrogen) atoms. The van der Waals surface area contributed by atoms with Gasteiger partial charge in [-0.3, -0.25) is 4.79 Å². The fourth-order valence-electron chi connectivity index (χ4n) is 2.56. The van der Waals surface area contributed by atoms with Gasteiger partial charge in [-0.2, -0.15) is 0 Å². The normalized spacial score (nSPS) is 14.3. The lowest BCUT2D eigenvalue weighted by atomic mass is 10.1. The van der Waals surface area contributed by atoms with E-state index in [1.807, 2.05) is 29.2 Å². The quantitative estimate of drug-likeness (QED) is 0.669. The molecule has 0 atom stereocenters. The van der Waals surface area contributed by atoms with Crippen LogP contribution in [0.2, 0.25) is 0 Å². The van der Waals surface area contributed by atoms with Crippen molar-refractivity contribution in [3.8, 4) is 5.75 Å². The molecular weight excluding hydrogens is 262 g/mol. The molecule has 0 bridgehead atoms. The number of benzene rings is 1. The average Bonchev–Trinajstić information content (AvgIpc) is 3.28. The molecule has 116 valence electrons. The third-order valence-corrected chi connectivity index (χ3v) is 3.85. The molecule has 0 unspecified atom stereocenters. The minimum absolute atomic E-state index is 0.144. The summed E-state index contributed by atoms with van der Waals surface area (Å²) in [5.74, 6) is 0.996. The van der Waals surface area contributed by atoms with Crippen LogP contribution < -0.4 is 4.74 Å². The summed E-state index contributed by atoms with van der Waals surface area (Å²) in [7, 11) is 0. The summed E-state index contributed by atoms with van der Waals surface area (Å²) in [6.45, 7) is 7.10. The Morgan fingerprint density at radius 2 is 1.90 bits per heavy atom. The zero-order valence-electron chi connectivity index (χ0n) is 13.5. The SMILES string of the molecule is CCCCCOc1ccc(C(=O)N(C(C)C)C2CC2)cc1. The van der Waals surface area contributed by atoms with Crippen LogP contribution in [0.5, 0.6) is 5.75 Å². The molecule has 1 aromatic carbocycles. The summed E-state index contributed by atoms with van der Waals surface area (Å²) in [5, 5.41) is 0. The highest BCUT2D eigenvalue weighted by Gasteiger charge is 2.34. The van der Waals surface area contributed by atoms with Gasteiger partial charge in [-0.15, -0.1) is 0 Å². The van der Waals surface area contributed by atoms with Crippen LogP contribution in [0.25, 0.3) is 0 Å². The second-order valence-electron chi connectivity index (χ2n) is 6.12. The van der Waals surface area contributed by atoms with Crippen molar-refractivity contribution < 1.29 is 9.53 Å². The van der Waals surface area contributed by atoms with Gasteiger partial charge >= 0.3 is 0 Å². The third-order valence-electron chi connectivity index (χ3n) is 3.85. The number of carbonyl (C=O) groups excluding carboxylic acids is 1. The maximum absolute atomic E-state index is 12.6. The van der Waals surface area contributed by atoms with E-state index in [0.29, 0.717) is 6.04 Å². The first-order chi connectivity index (χ1) is 10.1. The van der Waals surface area contributed by atoms with Crippen molar-refractivity contribution in [2.45, 2.75) is 65.0 Å². The molecule has 1 amide bonds. The minimum Gasteiger partial charge on any atom is -0.494 e. The molecule has 0 spiro atoms. The van der Waals surface area contributed by atoms with E-state index in [2.05, 4.69) is 20.8 Å². The van der Waals surface area contributed by atoms with E-state index in [1.165, 1.54) is 12.8 Å². The Hall–Kier alpha value is -1.51. The van der Waals surface area contributed by atoms with Gasteiger partial charge in [0.1, 0.15) is 5.75 Å². The molecule has 0 saturated heterocycles. The van der Waals surface area contributed by atoms with Crippen molar-refractivity contribution in [2.75, 3.05) is 6.61 Å². The number of nitrogens with zero attached hydrogens (tertiary/aromatic N) is 1. The van der Waals surface area contributed by atoms with E-state index in [0.717, 1.165) is 37.2 Å². The summed E-state index contributed by atoms with van der Waals surface area (Å²) >= 11 is 0. The Balaban J connectivity index is 1.93. The van der Waals surface area contributed by atoms with Crippen molar-refractivity contribution in [3.63, 3.8) is 0 Å². The zero-order chi connectivity index (χ0) is 15.2. The average molecular weight is 289 g/mol. The largest absolute Gasteiger partial charge is 0.494 e. The Morgan fingerprint density at radius 3 is 2.43 bits per heavy atom. The number of carbonyl (C=O) groups is 1. The molecule has 1 aliphatic carbocycles. The Labute approximate surface area is 128 Å². The first kappa shape index (κ1) is 15.9. The molecule has 0 heterocycles. The van der Waals surface area contributed by atoms with Crippen LogP contribution in [0.15, 0.2) is 24.3 Å². The summed E-state index contributed by atoms with van der Waals surface area (Å²) in [4.78, 5) is 14.6. The van der Waals surface area contributed by atoms with Crippen molar-refractivity contribution in [3.05, 3.63) is 29.8 Å². The van der Waals surface area contributed by atoms with Crippen molar-refractivity contribution in [2.24, 2.45) is 0 Å². The summed E-state index contributed by atoms with van der Waals surface area (Å²) in [6, 6.07) is 8.29. The summed E-state index contributed by atoms with van der Waals surface area (Å²) < 4.78 is 5.69. The number of ether oxygens (including phenoxy) is 1. The van der Waals surface area contributed by atoms with Crippen LogP contribution in [0.3, 0.4) is 0 Å². The number of amides is 1. The van der Waals surface area contributed by atoms with E-state index in [4.69, 9.17) is 4.74 Å². The van der Waals surface area contributed by atoms with E-state index < -0.39 is 0 Å². The van der Waals surface area contributed by atoms with Crippen molar-refractivity contribution in [1.29, 1.82) is 0 Å². The van der Waals surface area contributed by atoms with Crippen LogP contribution in [-0.2, 0) is 0 Å². The molecule has 0 aliphatic heterocycles.